The largest absolute Gasteiger partial charge is 0.739 e. The Morgan fingerprint density at radius 3 is 2.67 bits per heavy atom. The van der Waals surface area contributed by atoms with E-state index in [9.17, 15) is 28.4 Å². The van der Waals surface area contributed by atoms with Crippen molar-refractivity contribution in [3.8, 4) is 0 Å². The first kappa shape index (κ1) is 22.3. The Bertz CT molecular complexity index is 922. The van der Waals surface area contributed by atoms with Crippen molar-refractivity contribution in [1.82, 2.24) is 10.00 Å². The molecule has 1 aromatic carbocycles. The lowest BCUT2D eigenvalue weighted by Crippen LogP contribution is -2.44. The molecule has 0 bridgehead atoms. The molecule has 0 radical (unpaired) electrons. The molecule has 0 spiro atoms. The van der Waals surface area contributed by atoms with Gasteiger partial charge in [-0.05, 0) is 25.0 Å². The smallest absolute Gasteiger partial charge is 0.460 e. The molecule has 30 heavy (non-hydrogen) atoms. The minimum absolute atomic E-state index is 0.00300. The van der Waals surface area contributed by atoms with Gasteiger partial charge in [0.15, 0.2) is 5.52 Å². The van der Waals surface area contributed by atoms with Gasteiger partial charge in [-0.25, -0.2) is 4.73 Å². The second kappa shape index (κ2) is 9.16. The Morgan fingerprint density at radius 1 is 1.30 bits per heavy atom. The van der Waals surface area contributed by atoms with Crippen LogP contribution in [-0.4, -0.2) is 54.4 Å². The maximum Gasteiger partial charge on any atom is 0.460 e. The molecule has 1 fully saturated rings. The summed E-state index contributed by atoms with van der Waals surface area (Å²) in [6, 6.07) is 4.54. The summed E-state index contributed by atoms with van der Waals surface area (Å²) >= 11 is 3.21. The van der Waals surface area contributed by atoms with E-state index in [1.807, 2.05) is 0 Å². The molecular weight excluding hydrogens is 475 g/mol. The minimum atomic E-state index is -4.25. The average Bonchev–Trinajstić information content (AvgIpc) is 2.66. The van der Waals surface area contributed by atoms with Gasteiger partial charge in [-0.2, -0.15) is 13.2 Å². The van der Waals surface area contributed by atoms with Gasteiger partial charge in [0.1, 0.15) is 6.10 Å². The van der Waals surface area contributed by atoms with Crippen LogP contribution in [0, 0.1) is 10.4 Å². The summed E-state index contributed by atoms with van der Waals surface area (Å²) in [4.78, 5) is 13.6. The van der Waals surface area contributed by atoms with E-state index in [-0.39, 0.29) is 43.0 Å². The average molecular weight is 494 g/mol. The molecule has 0 amide bonds. The van der Waals surface area contributed by atoms with Gasteiger partial charge in [-0.15, -0.1) is 0 Å². The number of nitrogens with one attached hydrogen (secondary N) is 1. The first-order valence-electron chi connectivity index (χ1n) is 9.17. The van der Waals surface area contributed by atoms with Crippen LogP contribution in [0.4, 0.5) is 19.1 Å². The van der Waals surface area contributed by atoms with Crippen molar-refractivity contribution in [2.45, 2.75) is 31.5 Å². The number of rotatable bonds is 6. The van der Waals surface area contributed by atoms with E-state index < -0.39 is 24.8 Å². The number of carbonyl (C=O) groups excluding carboxylic acids is 1. The van der Waals surface area contributed by atoms with Gasteiger partial charge in [0.2, 0.25) is 5.10 Å². The molecule has 0 atom stereocenters. The van der Waals surface area contributed by atoms with Crippen LogP contribution < -0.4 is 14.9 Å². The van der Waals surface area contributed by atoms with Crippen molar-refractivity contribution in [3.63, 3.8) is 0 Å². The molecule has 0 aliphatic carbocycles. The first-order chi connectivity index (χ1) is 14.1. The van der Waals surface area contributed by atoms with Crippen LogP contribution in [0.15, 0.2) is 22.7 Å². The molecule has 1 saturated heterocycles. The SMILES string of the molecule is O=C(CCNc1n[n+]([O-])c2cc(Br)ccc2[n+]1[O-])OC1CCN(CC(F)(F)F)CC1. The molecular formula is C17H19BrF3N5O4. The van der Waals surface area contributed by atoms with E-state index in [0.29, 0.717) is 26.9 Å². The summed E-state index contributed by atoms with van der Waals surface area (Å²) < 4.78 is 43.6. The lowest BCUT2D eigenvalue weighted by molar-refractivity contribution is -0.672. The molecule has 2 aromatic rings. The predicted octanol–water partition coefficient (Wildman–Crippen LogP) is 1.64. The Kier molecular flexibility index (Phi) is 6.81. The lowest BCUT2D eigenvalue weighted by Gasteiger charge is -2.31. The van der Waals surface area contributed by atoms with Crippen molar-refractivity contribution < 1.29 is 32.3 Å². The normalized spacial score (nSPS) is 16.0. The number of anilines is 1. The summed E-state index contributed by atoms with van der Waals surface area (Å²) in [5.41, 5.74) is 0.195. The van der Waals surface area contributed by atoms with Crippen LogP contribution in [0.1, 0.15) is 19.3 Å². The van der Waals surface area contributed by atoms with E-state index in [0.717, 1.165) is 0 Å². The summed E-state index contributed by atoms with van der Waals surface area (Å²) in [5.74, 6) is -0.804. The monoisotopic (exact) mass is 493 g/mol. The van der Waals surface area contributed by atoms with Gasteiger partial charge in [-0.3, -0.25) is 15.0 Å². The van der Waals surface area contributed by atoms with E-state index in [2.05, 4.69) is 26.3 Å². The van der Waals surface area contributed by atoms with Gasteiger partial charge < -0.3 is 15.2 Å². The standard InChI is InChI=1S/C17H19BrF3N5O4/c18-11-1-2-13-14(9-11)26(29)23-16(25(13)28)22-6-3-15(27)30-12-4-7-24(8-5-12)10-17(19,20)21/h1-2,9,12H,3-8,10H2,(H,22,23). The molecule has 13 heteroatoms. The number of ether oxygens (including phenoxy) is 1. The van der Waals surface area contributed by atoms with Crippen LogP contribution >= 0.6 is 15.9 Å². The van der Waals surface area contributed by atoms with Crippen molar-refractivity contribution in [2.75, 3.05) is 31.5 Å². The topological polar surface area (TPSA) is 108 Å². The lowest BCUT2D eigenvalue weighted by atomic mass is 10.1. The zero-order valence-corrected chi connectivity index (χ0v) is 17.3. The molecule has 1 aliphatic heterocycles. The number of likely N-dealkylation sites (tertiary alicyclic amines) is 1. The number of nitrogens with zero attached hydrogens (tertiary/aromatic N) is 4. The van der Waals surface area contributed by atoms with Crippen LogP contribution in [0.2, 0.25) is 0 Å². The number of carbonyl (C=O) groups is 1. The van der Waals surface area contributed by atoms with E-state index >= 15 is 0 Å². The number of fused-ring (bicyclic) bond motifs is 1. The van der Waals surface area contributed by atoms with Gasteiger partial charge in [0.05, 0.1) is 19.5 Å². The molecule has 9 nitrogen and oxygen atoms in total. The maximum atomic E-state index is 12.4. The highest BCUT2D eigenvalue weighted by molar-refractivity contribution is 9.10. The van der Waals surface area contributed by atoms with Gasteiger partial charge in [0, 0.05) is 28.5 Å². The number of hydrogen-bond donors (Lipinski definition) is 1. The zero-order valence-electron chi connectivity index (χ0n) is 15.7. The number of alkyl halides is 3. The van der Waals surface area contributed by atoms with E-state index in [1.165, 1.54) is 17.0 Å². The highest BCUT2D eigenvalue weighted by atomic mass is 79.9. The number of piperidine rings is 1. The summed E-state index contributed by atoms with van der Waals surface area (Å²) in [5, 5.41) is 30.6. The van der Waals surface area contributed by atoms with Gasteiger partial charge >= 0.3 is 23.6 Å². The minimum Gasteiger partial charge on any atom is -0.739 e. The van der Waals surface area contributed by atoms with Crippen LogP contribution in [0.25, 0.3) is 11.0 Å². The van der Waals surface area contributed by atoms with Crippen LogP contribution in [0.3, 0.4) is 0 Å². The molecule has 0 saturated carbocycles. The first-order valence-corrected chi connectivity index (χ1v) is 9.97. The Labute approximate surface area is 177 Å². The Morgan fingerprint density at radius 2 is 2.00 bits per heavy atom. The molecule has 1 N–H and O–H groups in total. The fourth-order valence-corrected chi connectivity index (χ4v) is 3.53. The van der Waals surface area contributed by atoms with Crippen molar-refractivity contribution >= 4 is 38.9 Å². The molecule has 1 aliphatic rings. The van der Waals surface area contributed by atoms with Crippen molar-refractivity contribution in [2.24, 2.45) is 0 Å². The summed E-state index contributed by atoms with van der Waals surface area (Å²) in [7, 11) is 0. The van der Waals surface area contributed by atoms with Gasteiger partial charge in [-0.1, -0.05) is 15.9 Å². The third-order valence-corrected chi connectivity index (χ3v) is 5.08. The highest BCUT2D eigenvalue weighted by Gasteiger charge is 2.33. The maximum absolute atomic E-state index is 12.4. The van der Waals surface area contributed by atoms with E-state index in [1.54, 1.807) is 6.07 Å². The van der Waals surface area contributed by atoms with Crippen LogP contribution in [-0.2, 0) is 9.53 Å². The number of hydrogen-bond acceptors (Lipinski definition) is 7. The number of esters is 1. The number of benzene rings is 1. The second-order valence-corrected chi connectivity index (χ2v) is 7.80. The molecule has 164 valence electrons. The fourth-order valence-electron chi connectivity index (χ4n) is 3.18. The zero-order chi connectivity index (χ0) is 21.9. The quantitative estimate of drug-likeness (QED) is 0.370. The third-order valence-electron chi connectivity index (χ3n) is 4.59. The molecule has 2 heterocycles. The highest BCUT2D eigenvalue weighted by Crippen LogP contribution is 2.21. The Hall–Kier alpha value is -2.41. The van der Waals surface area contributed by atoms with E-state index in [4.69, 9.17) is 4.74 Å². The second-order valence-electron chi connectivity index (χ2n) is 6.88. The number of aromatic nitrogens is 3. The molecule has 1 aromatic heterocycles. The Balaban J connectivity index is 1.47. The summed E-state index contributed by atoms with van der Waals surface area (Å²) in [6.45, 7) is -0.565. The van der Waals surface area contributed by atoms with Gasteiger partial charge in [0.25, 0.3) is 0 Å². The molecule has 0 unspecified atom stereocenters. The molecule has 3 rings (SSSR count). The van der Waals surface area contributed by atoms with Crippen molar-refractivity contribution in [3.05, 3.63) is 33.1 Å². The van der Waals surface area contributed by atoms with Crippen LogP contribution in [0.5, 0.6) is 0 Å². The fraction of sp³-hybridized carbons (Fsp3) is 0.529. The number of halogens is 4. The summed E-state index contributed by atoms with van der Waals surface area (Å²) in [6.07, 6.45) is -4.13. The third kappa shape index (κ3) is 5.81. The van der Waals surface area contributed by atoms with Crippen molar-refractivity contribution in [1.29, 1.82) is 0 Å². The predicted molar refractivity (Wildman–Crippen MR) is 102 cm³/mol.